The fraction of sp³-hybridized carbons (Fsp3) is 1.00. The van der Waals surface area contributed by atoms with Crippen molar-refractivity contribution in [3.8, 4) is 0 Å². The summed E-state index contributed by atoms with van der Waals surface area (Å²) in [7, 11) is -8.99. The molecule has 6 nitrogen and oxygen atoms in total. The summed E-state index contributed by atoms with van der Waals surface area (Å²) < 4.78 is 37.5. The van der Waals surface area contributed by atoms with Gasteiger partial charge in [-0.25, -0.2) is 0 Å². The number of hydrogen-bond acceptors (Lipinski definition) is 6. The highest BCUT2D eigenvalue weighted by atomic mass is 28.5. The molecule has 0 aliphatic heterocycles. The lowest BCUT2D eigenvalue weighted by Gasteiger charge is -2.44. The van der Waals surface area contributed by atoms with Gasteiger partial charge in [-0.2, -0.15) is 0 Å². The van der Waals surface area contributed by atoms with E-state index in [1.807, 2.05) is 0 Å². The van der Waals surface area contributed by atoms with E-state index in [2.05, 4.69) is 78.9 Å². The molecular weight excluding hydrogens is 445 g/mol. The van der Waals surface area contributed by atoms with Crippen molar-refractivity contribution in [2.45, 2.75) is 84.1 Å². The largest absolute Gasteiger partial charge is 0.440 e. The van der Waals surface area contributed by atoms with Gasteiger partial charge < -0.3 is 25.3 Å². The van der Waals surface area contributed by atoms with Crippen molar-refractivity contribution >= 4 is 51.6 Å². The lowest BCUT2D eigenvalue weighted by Crippen LogP contribution is -2.60. The van der Waals surface area contributed by atoms with Gasteiger partial charge in [0.1, 0.15) is 0 Å². The van der Waals surface area contributed by atoms with Gasteiger partial charge in [-0.05, 0) is 72.0 Å². The maximum Gasteiger partial charge on any atom is 0.336 e. The normalized spacial score (nSPS) is 16.1. The van der Waals surface area contributed by atoms with E-state index in [9.17, 15) is 0 Å². The minimum absolute atomic E-state index is 0.266. The molecule has 1 atom stereocenters. The van der Waals surface area contributed by atoms with E-state index in [1.54, 1.807) is 14.2 Å². The van der Waals surface area contributed by atoms with Gasteiger partial charge in [0.2, 0.25) is 0 Å². The summed E-state index contributed by atoms with van der Waals surface area (Å²) in [6.07, 6.45) is 0. The molecule has 0 aromatic carbocycles. The molecular formula is C15H44O6Si6. The molecule has 0 amide bonds. The maximum atomic E-state index is 6.74. The molecule has 0 rings (SSSR count). The van der Waals surface area contributed by atoms with Crippen molar-refractivity contribution in [3.05, 3.63) is 0 Å². The van der Waals surface area contributed by atoms with Crippen LogP contribution in [0, 0.1) is 0 Å². The van der Waals surface area contributed by atoms with Crippen molar-refractivity contribution in [2.24, 2.45) is 0 Å². The first-order chi connectivity index (χ1) is 11.8. The van der Waals surface area contributed by atoms with Crippen LogP contribution in [0.2, 0.25) is 77.2 Å². The highest BCUT2D eigenvalue weighted by Crippen LogP contribution is 2.36. The van der Waals surface area contributed by atoms with Gasteiger partial charge in [0.05, 0.1) is 0 Å². The third-order valence-corrected chi connectivity index (χ3v) is 29.7. The molecule has 0 aromatic rings. The molecule has 12 heteroatoms. The molecule has 0 aromatic heterocycles. The summed E-state index contributed by atoms with van der Waals surface area (Å²) in [5.41, 5.74) is 0. The van der Waals surface area contributed by atoms with Gasteiger partial charge in [0.15, 0.2) is 17.4 Å². The molecule has 164 valence electrons. The van der Waals surface area contributed by atoms with Crippen LogP contribution in [-0.2, 0) is 25.3 Å². The molecule has 0 radical (unpaired) electrons. The van der Waals surface area contributed by atoms with Crippen LogP contribution in [0.1, 0.15) is 6.92 Å². The van der Waals surface area contributed by atoms with Crippen LogP contribution < -0.4 is 0 Å². The predicted octanol–water partition coefficient (Wildman–Crippen LogP) is 4.64. The zero-order valence-electron chi connectivity index (χ0n) is 20.1. The van der Waals surface area contributed by atoms with E-state index in [0.717, 1.165) is 0 Å². The Labute approximate surface area is 175 Å². The lowest BCUT2D eigenvalue weighted by atomic mass is 10.9. The molecule has 0 aliphatic carbocycles. The van der Waals surface area contributed by atoms with Gasteiger partial charge in [-0.15, -0.1) is 0 Å². The van der Waals surface area contributed by atoms with Crippen molar-refractivity contribution in [2.75, 3.05) is 14.2 Å². The van der Waals surface area contributed by atoms with Crippen LogP contribution in [-0.4, -0.2) is 65.8 Å². The fourth-order valence-corrected chi connectivity index (χ4v) is 32.3. The van der Waals surface area contributed by atoms with Crippen LogP contribution in [0.3, 0.4) is 0 Å². The van der Waals surface area contributed by atoms with Crippen LogP contribution >= 0.6 is 0 Å². The van der Waals surface area contributed by atoms with Crippen molar-refractivity contribution in [1.29, 1.82) is 0 Å². The van der Waals surface area contributed by atoms with E-state index in [0.29, 0.717) is 0 Å². The van der Waals surface area contributed by atoms with Gasteiger partial charge in [-0.3, -0.25) is 0 Å². The van der Waals surface area contributed by atoms with Crippen LogP contribution in [0.4, 0.5) is 0 Å². The van der Waals surface area contributed by atoms with Gasteiger partial charge >= 0.3 is 34.2 Å². The molecule has 0 spiro atoms. The highest BCUT2D eigenvalue weighted by Gasteiger charge is 2.51. The molecule has 0 N–H and O–H groups in total. The predicted molar refractivity (Wildman–Crippen MR) is 128 cm³/mol. The van der Waals surface area contributed by atoms with Gasteiger partial charge in [0, 0.05) is 19.4 Å². The fourth-order valence-electron chi connectivity index (χ4n) is 3.61. The average Bonchev–Trinajstić information content (AvgIpc) is 2.39. The molecule has 27 heavy (non-hydrogen) atoms. The maximum absolute atomic E-state index is 6.74. The Kier molecular flexibility index (Phi) is 10.3. The van der Waals surface area contributed by atoms with Gasteiger partial charge in [-0.1, -0.05) is 6.92 Å². The zero-order chi connectivity index (χ0) is 21.9. The minimum atomic E-state index is -2.39. The molecule has 0 saturated heterocycles. The standard InChI is InChI=1S/C15H44O6Si6/c1-15(27(14,16-2)17-3)23(6,7)19-25(10,11)21-26(12,13)20-24(8,9)18-22(4)5/h15,22H,1-14H3. The van der Waals surface area contributed by atoms with Crippen molar-refractivity contribution in [3.63, 3.8) is 0 Å². The highest BCUT2D eigenvalue weighted by molar-refractivity contribution is 6.95. The molecule has 0 bridgehead atoms. The second-order valence-electron chi connectivity index (χ2n) is 9.42. The van der Waals surface area contributed by atoms with Crippen LogP contribution in [0.5, 0.6) is 0 Å². The summed E-state index contributed by atoms with van der Waals surface area (Å²) in [4.78, 5) is 0. The summed E-state index contributed by atoms with van der Waals surface area (Å²) in [6, 6.07) is 0. The molecule has 0 aliphatic rings. The summed E-state index contributed by atoms with van der Waals surface area (Å²) in [6.45, 7) is 25.8. The number of hydrogen-bond donors (Lipinski definition) is 0. The summed E-state index contributed by atoms with van der Waals surface area (Å²) in [5.74, 6) is 0. The monoisotopic (exact) mass is 488 g/mol. The van der Waals surface area contributed by atoms with E-state index in [-0.39, 0.29) is 5.16 Å². The first-order valence-electron chi connectivity index (χ1n) is 9.70. The summed E-state index contributed by atoms with van der Waals surface area (Å²) in [5, 5.41) is 0.266. The SMILES string of the molecule is CO[Si](C)(OC)C(C)[Si](C)(C)O[Si](C)(C)O[Si](C)(C)O[Si](C)(C)O[SiH](C)C. The van der Waals surface area contributed by atoms with E-state index in [1.165, 1.54) is 0 Å². The number of rotatable bonds is 12. The Morgan fingerprint density at radius 1 is 0.630 bits per heavy atom. The Morgan fingerprint density at radius 3 is 1.37 bits per heavy atom. The molecule has 0 saturated carbocycles. The molecule has 0 fully saturated rings. The molecule has 0 heterocycles. The Balaban J connectivity index is 5.24. The Hall–Kier alpha value is 1.06. The quantitative estimate of drug-likeness (QED) is 0.373. The lowest BCUT2D eigenvalue weighted by molar-refractivity contribution is 0.243. The Bertz CT molecular complexity index is 468. The first kappa shape index (κ1) is 28.1. The van der Waals surface area contributed by atoms with Crippen molar-refractivity contribution in [1.82, 2.24) is 0 Å². The zero-order valence-corrected chi connectivity index (χ0v) is 26.3. The minimum Gasteiger partial charge on any atom is -0.440 e. The Morgan fingerprint density at radius 2 is 1.00 bits per heavy atom. The molecule has 1 unspecified atom stereocenters. The van der Waals surface area contributed by atoms with E-state index >= 15 is 0 Å². The topological polar surface area (TPSA) is 55.4 Å². The smallest absolute Gasteiger partial charge is 0.336 e. The van der Waals surface area contributed by atoms with E-state index < -0.39 is 51.6 Å². The third kappa shape index (κ3) is 9.61. The van der Waals surface area contributed by atoms with Crippen LogP contribution in [0.25, 0.3) is 0 Å². The second kappa shape index (κ2) is 9.91. The summed E-state index contributed by atoms with van der Waals surface area (Å²) >= 11 is 0. The van der Waals surface area contributed by atoms with Crippen LogP contribution in [0.15, 0.2) is 0 Å². The first-order valence-corrected chi connectivity index (χ1v) is 26.3. The van der Waals surface area contributed by atoms with Gasteiger partial charge in [0.25, 0.3) is 0 Å². The average molecular weight is 489 g/mol. The third-order valence-electron chi connectivity index (χ3n) is 4.65. The van der Waals surface area contributed by atoms with E-state index in [4.69, 9.17) is 25.3 Å². The second-order valence-corrected chi connectivity index (χ2v) is 31.7. The van der Waals surface area contributed by atoms with Crippen molar-refractivity contribution < 1.29 is 25.3 Å².